The molecule has 0 saturated heterocycles. The molecule has 0 aliphatic rings. The summed E-state index contributed by atoms with van der Waals surface area (Å²) in [6, 6.07) is 9.87. The van der Waals surface area contributed by atoms with Gasteiger partial charge in [0.25, 0.3) is 0 Å². The molecule has 0 spiro atoms. The summed E-state index contributed by atoms with van der Waals surface area (Å²) in [5.41, 5.74) is 4.14. The Hall–Kier alpha value is -2.80. The van der Waals surface area contributed by atoms with Crippen molar-refractivity contribution >= 4 is 11.6 Å². The number of esters is 1. The Morgan fingerprint density at radius 3 is 2.58 bits per heavy atom. The first-order valence-electron chi connectivity index (χ1n) is 8.69. The highest BCUT2D eigenvalue weighted by Crippen LogP contribution is 2.29. The quantitative estimate of drug-likeness (QED) is 0.607. The first-order chi connectivity index (χ1) is 12.7. The molecule has 0 atom stereocenters. The smallest absolute Gasteiger partial charge is 0.360 e. The maximum absolute atomic E-state index is 12.3. The lowest BCUT2D eigenvalue weighted by atomic mass is 10.1. The van der Waals surface area contributed by atoms with Gasteiger partial charge in [0, 0.05) is 7.11 Å². The van der Waals surface area contributed by atoms with Gasteiger partial charge in [0.05, 0.1) is 30.2 Å². The van der Waals surface area contributed by atoms with Crippen LogP contribution in [-0.2, 0) is 22.5 Å². The first-order valence-corrected chi connectivity index (χ1v) is 8.69. The molecule has 0 radical (unpaired) electrons. The molecular weight excluding hydrogens is 332 g/mol. The monoisotopic (exact) mass is 354 g/mol. The number of benzene rings is 1. The molecule has 0 aliphatic heterocycles. The van der Waals surface area contributed by atoms with Crippen LogP contribution in [0.5, 0.6) is 0 Å². The molecule has 0 fully saturated rings. The zero-order valence-corrected chi connectivity index (χ0v) is 15.2. The largest absolute Gasteiger partial charge is 0.461 e. The zero-order chi connectivity index (χ0) is 18.5. The second-order valence-corrected chi connectivity index (χ2v) is 5.82. The number of hydrogen-bond donors (Lipinski definition) is 0. The van der Waals surface area contributed by atoms with Gasteiger partial charge in [-0.1, -0.05) is 43.7 Å². The molecule has 3 rings (SSSR count). The zero-order valence-electron chi connectivity index (χ0n) is 15.2. The van der Waals surface area contributed by atoms with Crippen molar-refractivity contribution in [3.05, 3.63) is 47.4 Å². The molecule has 136 valence electrons. The van der Waals surface area contributed by atoms with E-state index in [1.165, 1.54) is 0 Å². The van der Waals surface area contributed by atoms with Crippen LogP contribution in [0.3, 0.4) is 0 Å². The maximum atomic E-state index is 12.3. The molecule has 0 N–H and O–H groups in total. The summed E-state index contributed by atoms with van der Waals surface area (Å²) in [7, 11) is 1.63. The minimum atomic E-state index is -0.476. The van der Waals surface area contributed by atoms with E-state index < -0.39 is 5.97 Å². The molecule has 3 aromatic rings. The number of nitrogens with zero attached hydrogens (tertiary/aromatic N) is 4. The van der Waals surface area contributed by atoms with Gasteiger partial charge in [-0.25, -0.2) is 9.31 Å². The summed E-state index contributed by atoms with van der Waals surface area (Å²) in [5.74, 6) is -0.476. The third-order valence-electron chi connectivity index (χ3n) is 4.01. The van der Waals surface area contributed by atoms with Crippen molar-refractivity contribution in [2.45, 2.75) is 33.3 Å². The van der Waals surface area contributed by atoms with Gasteiger partial charge in [-0.05, 0) is 18.9 Å². The fourth-order valence-electron chi connectivity index (χ4n) is 2.95. The van der Waals surface area contributed by atoms with Crippen LogP contribution in [0.2, 0.25) is 0 Å². The Bertz CT molecular complexity index is 906. The molecular formula is C19H22N4O3. The molecule has 0 unspecified atom stereocenters. The average Bonchev–Trinajstić information content (AvgIpc) is 3.02. The van der Waals surface area contributed by atoms with E-state index in [0.29, 0.717) is 24.4 Å². The molecule has 2 aromatic heterocycles. The van der Waals surface area contributed by atoms with Crippen LogP contribution in [-0.4, -0.2) is 39.5 Å². The van der Waals surface area contributed by atoms with Crippen molar-refractivity contribution in [3.8, 4) is 11.1 Å². The number of methoxy groups -OCH3 is 1. The topological polar surface area (TPSA) is 78.6 Å². The van der Waals surface area contributed by atoms with Gasteiger partial charge < -0.3 is 9.47 Å². The molecule has 0 aliphatic carbocycles. The number of ether oxygens (including phenoxy) is 2. The van der Waals surface area contributed by atoms with E-state index in [1.54, 1.807) is 18.5 Å². The van der Waals surface area contributed by atoms with E-state index in [4.69, 9.17) is 9.47 Å². The molecule has 1 aromatic carbocycles. The second-order valence-electron chi connectivity index (χ2n) is 5.82. The number of hydrogen-bond acceptors (Lipinski definition) is 6. The number of aromatic nitrogens is 4. The number of fused-ring (bicyclic) bond motifs is 1. The number of aryl methyl sites for hydroxylation is 1. The lowest BCUT2D eigenvalue weighted by Gasteiger charge is -2.08. The van der Waals surface area contributed by atoms with E-state index in [2.05, 4.69) is 15.3 Å². The highest BCUT2D eigenvalue weighted by Gasteiger charge is 2.23. The minimum absolute atomic E-state index is 0.215. The lowest BCUT2D eigenvalue weighted by molar-refractivity contribution is 0.0515. The average molecular weight is 354 g/mol. The summed E-state index contributed by atoms with van der Waals surface area (Å²) in [6.45, 7) is 4.43. The highest BCUT2D eigenvalue weighted by molar-refractivity contribution is 5.89. The summed E-state index contributed by atoms with van der Waals surface area (Å²) < 4.78 is 12.2. The first kappa shape index (κ1) is 18.0. The molecule has 26 heavy (non-hydrogen) atoms. The van der Waals surface area contributed by atoms with Crippen LogP contribution < -0.4 is 0 Å². The van der Waals surface area contributed by atoms with Crippen LogP contribution >= 0.6 is 0 Å². The van der Waals surface area contributed by atoms with Crippen molar-refractivity contribution in [1.29, 1.82) is 0 Å². The van der Waals surface area contributed by atoms with Crippen molar-refractivity contribution in [2.24, 2.45) is 0 Å². The fourth-order valence-corrected chi connectivity index (χ4v) is 2.95. The maximum Gasteiger partial charge on any atom is 0.360 e. The third-order valence-corrected chi connectivity index (χ3v) is 4.01. The van der Waals surface area contributed by atoms with Gasteiger partial charge in [-0.3, -0.25) is 0 Å². The summed E-state index contributed by atoms with van der Waals surface area (Å²) >= 11 is 0. The van der Waals surface area contributed by atoms with Gasteiger partial charge >= 0.3 is 5.97 Å². The Morgan fingerprint density at radius 1 is 1.15 bits per heavy atom. The Labute approximate surface area is 152 Å². The number of carbonyl (C=O) groups is 1. The Morgan fingerprint density at radius 2 is 1.92 bits per heavy atom. The van der Waals surface area contributed by atoms with Crippen LogP contribution in [0.1, 0.15) is 42.1 Å². The molecule has 7 heteroatoms. The molecule has 0 amide bonds. The van der Waals surface area contributed by atoms with Crippen LogP contribution in [0.15, 0.2) is 30.3 Å². The Kier molecular flexibility index (Phi) is 5.58. The van der Waals surface area contributed by atoms with E-state index in [-0.39, 0.29) is 12.3 Å². The van der Waals surface area contributed by atoms with Gasteiger partial charge in [0.15, 0.2) is 11.3 Å². The third kappa shape index (κ3) is 3.30. The van der Waals surface area contributed by atoms with Crippen molar-refractivity contribution < 1.29 is 14.3 Å². The minimum Gasteiger partial charge on any atom is -0.461 e. The molecule has 2 heterocycles. The predicted molar refractivity (Wildman–Crippen MR) is 96.9 cm³/mol. The number of rotatable bonds is 7. The van der Waals surface area contributed by atoms with E-state index >= 15 is 0 Å². The van der Waals surface area contributed by atoms with Crippen LogP contribution in [0, 0.1) is 0 Å². The van der Waals surface area contributed by atoms with Crippen molar-refractivity contribution in [3.63, 3.8) is 0 Å². The van der Waals surface area contributed by atoms with E-state index in [0.717, 1.165) is 23.2 Å². The van der Waals surface area contributed by atoms with Crippen LogP contribution in [0.4, 0.5) is 0 Å². The number of carbonyl (C=O) groups excluding carboxylic acids is 1. The van der Waals surface area contributed by atoms with Crippen molar-refractivity contribution in [1.82, 2.24) is 19.8 Å². The molecule has 0 bridgehead atoms. The standard InChI is InChI=1S/C19H22N4O3/c1-4-9-15-17(19(24)26-5-2)20-21-18-16(13-10-7-6-8-11-13)14(12-25-3)22-23(15)18/h6-8,10-11H,4-5,9,12H2,1-3H3. The normalized spacial score (nSPS) is 11.0. The molecule has 7 nitrogen and oxygen atoms in total. The highest BCUT2D eigenvalue weighted by atomic mass is 16.5. The van der Waals surface area contributed by atoms with E-state index in [1.807, 2.05) is 37.3 Å². The summed E-state index contributed by atoms with van der Waals surface area (Å²) in [5, 5.41) is 13.2. The summed E-state index contributed by atoms with van der Waals surface area (Å²) in [4.78, 5) is 12.3. The van der Waals surface area contributed by atoms with Crippen LogP contribution in [0.25, 0.3) is 16.8 Å². The van der Waals surface area contributed by atoms with E-state index in [9.17, 15) is 4.79 Å². The van der Waals surface area contributed by atoms with Gasteiger partial charge in [-0.15, -0.1) is 10.2 Å². The SMILES string of the molecule is CCCc1c(C(=O)OCC)nnc2c(-c3ccccc3)c(COC)nn12. The van der Waals surface area contributed by atoms with Gasteiger partial charge in [0.1, 0.15) is 0 Å². The lowest BCUT2D eigenvalue weighted by Crippen LogP contribution is -2.16. The fraction of sp³-hybridized carbons (Fsp3) is 0.368. The van der Waals surface area contributed by atoms with Gasteiger partial charge in [-0.2, -0.15) is 5.10 Å². The van der Waals surface area contributed by atoms with Gasteiger partial charge in [0.2, 0.25) is 0 Å². The van der Waals surface area contributed by atoms with Crippen molar-refractivity contribution in [2.75, 3.05) is 13.7 Å². The predicted octanol–water partition coefficient (Wildman–Crippen LogP) is 3.07. The molecule has 0 saturated carbocycles. The Balaban J connectivity index is 2.27. The second kappa shape index (κ2) is 8.05. The summed E-state index contributed by atoms with van der Waals surface area (Å²) in [6.07, 6.45) is 1.48.